The van der Waals surface area contributed by atoms with E-state index in [2.05, 4.69) is 0 Å². The van der Waals surface area contributed by atoms with Gasteiger partial charge in [-0.25, -0.2) is 13.2 Å². The fraction of sp³-hybridized carbons (Fsp3) is 0.400. The standard InChI is InChI=1S/C10H12N2O5S2/c11-9(13)6-3-4-12(5-6)19(16,17)8-2-1-7(18-8)10(14)15/h1-2,6H,3-5H2,(H2,11,13)(H,14,15). The third-order valence-corrected chi connectivity index (χ3v) is 6.35. The van der Waals surface area contributed by atoms with Crippen molar-refractivity contribution in [3.63, 3.8) is 0 Å². The summed E-state index contributed by atoms with van der Waals surface area (Å²) in [6, 6.07) is 2.52. The van der Waals surface area contributed by atoms with Crippen LogP contribution in [0.5, 0.6) is 0 Å². The molecule has 1 aliphatic rings. The van der Waals surface area contributed by atoms with E-state index in [1.807, 2.05) is 0 Å². The maximum absolute atomic E-state index is 12.2. The number of carboxylic acid groups (broad SMARTS) is 1. The molecule has 0 saturated carbocycles. The number of nitrogens with two attached hydrogens (primary N) is 1. The Kier molecular flexibility index (Phi) is 3.61. The van der Waals surface area contributed by atoms with Gasteiger partial charge < -0.3 is 10.8 Å². The van der Waals surface area contributed by atoms with Crippen LogP contribution in [0.3, 0.4) is 0 Å². The molecule has 1 aromatic heterocycles. The Morgan fingerprint density at radius 2 is 2.11 bits per heavy atom. The van der Waals surface area contributed by atoms with Crippen molar-refractivity contribution in [3.05, 3.63) is 17.0 Å². The fourth-order valence-electron chi connectivity index (χ4n) is 1.88. The van der Waals surface area contributed by atoms with E-state index in [9.17, 15) is 18.0 Å². The smallest absolute Gasteiger partial charge is 0.345 e. The van der Waals surface area contributed by atoms with Crippen molar-refractivity contribution in [1.82, 2.24) is 4.31 Å². The molecule has 1 aliphatic heterocycles. The number of aromatic carboxylic acids is 1. The second-order valence-electron chi connectivity index (χ2n) is 4.17. The van der Waals surface area contributed by atoms with E-state index in [1.54, 1.807) is 0 Å². The number of sulfonamides is 1. The van der Waals surface area contributed by atoms with Crippen LogP contribution >= 0.6 is 11.3 Å². The Morgan fingerprint density at radius 3 is 2.58 bits per heavy atom. The number of primary amides is 1. The van der Waals surface area contributed by atoms with Crippen LogP contribution in [0.4, 0.5) is 0 Å². The number of nitrogens with zero attached hydrogens (tertiary/aromatic N) is 1. The topological polar surface area (TPSA) is 118 Å². The summed E-state index contributed by atoms with van der Waals surface area (Å²) in [5, 5.41) is 8.78. The Morgan fingerprint density at radius 1 is 1.42 bits per heavy atom. The highest BCUT2D eigenvalue weighted by molar-refractivity contribution is 7.91. The summed E-state index contributed by atoms with van der Waals surface area (Å²) in [5.41, 5.74) is 5.15. The number of carbonyl (C=O) groups excluding carboxylic acids is 1. The van der Waals surface area contributed by atoms with Gasteiger partial charge in [-0.15, -0.1) is 11.3 Å². The van der Waals surface area contributed by atoms with Crippen LogP contribution in [-0.4, -0.2) is 42.8 Å². The van der Waals surface area contributed by atoms with E-state index in [0.717, 1.165) is 0 Å². The molecule has 2 heterocycles. The SMILES string of the molecule is NC(=O)C1CCN(S(=O)(=O)c2ccc(C(=O)O)s2)C1. The zero-order valence-corrected chi connectivity index (χ0v) is 11.4. The minimum Gasteiger partial charge on any atom is -0.477 e. The summed E-state index contributed by atoms with van der Waals surface area (Å²) in [6.45, 7) is 0.272. The lowest BCUT2D eigenvalue weighted by atomic mass is 10.1. The summed E-state index contributed by atoms with van der Waals surface area (Å²) in [4.78, 5) is 21.7. The van der Waals surface area contributed by atoms with Gasteiger partial charge in [-0.1, -0.05) is 0 Å². The number of thiophene rings is 1. The van der Waals surface area contributed by atoms with Crippen LogP contribution in [0, 0.1) is 5.92 Å². The van der Waals surface area contributed by atoms with Gasteiger partial charge in [-0.2, -0.15) is 4.31 Å². The molecule has 1 atom stereocenters. The first-order chi connectivity index (χ1) is 8.82. The lowest BCUT2D eigenvalue weighted by Crippen LogP contribution is -2.31. The molecule has 0 spiro atoms. The zero-order chi connectivity index (χ0) is 14.2. The molecule has 2 rings (SSSR count). The number of amides is 1. The van der Waals surface area contributed by atoms with E-state index in [0.29, 0.717) is 17.8 Å². The molecule has 1 fully saturated rings. The van der Waals surface area contributed by atoms with E-state index in [1.165, 1.54) is 16.4 Å². The van der Waals surface area contributed by atoms with Crippen LogP contribution < -0.4 is 5.73 Å². The number of hydrogen-bond donors (Lipinski definition) is 2. The fourth-order valence-corrected chi connectivity index (χ4v) is 4.68. The van der Waals surface area contributed by atoms with Gasteiger partial charge in [0.2, 0.25) is 5.91 Å². The Hall–Kier alpha value is -1.45. The molecule has 0 radical (unpaired) electrons. The molecule has 9 heteroatoms. The second-order valence-corrected chi connectivity index (χ2v) is 7.42. The van der Waals surface area contributed by atoms with Gasteiger partial charge >= 0.3 is 5.97 Å². The number of rotatable bonds is 4. The lowest BCUT2D eigenvalue weighted by molar-refractivity contribution is -0.121. The maximum atomic E-state index is 12.2. The minimum absolute atomic E-state index is 0.0324. The zero-order valence-electron chi connectivity index (χ0n) is 9.77. The molecule has 19 heavy (non-hydrogen) atoms. The van der Waals surface area contributed by atoms with Crippen molar-refractivity contribution in [1.29, 1.82) is 0 Å². The molecule has 1 aromatic rings. The molecular formula is C10H12N2O5S2. The van der Waals surface area contributed by atoms with Gasteiger partial charge in [-0.3, -0.25) is 4.79 Å². The average Bonchev–Trinajstić information content (AvgIpc) is 2.99. The first kappa shape index (κ1) is 14.0. The third kappa shape index (κ3) is 2.62. The quantitative estimate of drug-likeness (QED) is 0.808. The molecule has 1 saturated heterocycles. The summed E-state index contributed by atoms with van der Waals surface area (Å²) in [5.74, 6) is -2.16. The summed E-state index contributed by atoms with van der Waals surface area (Å²) in [6.07, 6.45) is 0.395. The van der Waals surface area contributed by atoms with Crippen molar-refractivity contribution in [2.75, 3.05) is 13.1 Å². The molecule has 0 aliphatic carbocycles. The predicted octanol–water partition coefficient (Wildman–Crippen LogP) is -0.0578. The summed E-state index contributed by atoms with van der Waals surface area (Å²) >= 11 is 0.699. The molecule has 3 N–H and O–H groups in total. The first-order valence-electron chi connectivity index (χ1n) is 5.45. The van der Waals surface area contributed by atoms with E-state index >= 15 is 0 Å². The van der Waals surface area contributed by atoms with Crippen LogP contribution in [-0.2, 0) is 14.8 Å². The third-order valence-electron chi connectivity index (χ3n) is 2.94. The van der Waals surface area contributed by atoms with Crippen molar-refractivity contribution >= 4 is 33.2 Å². The van der Waals surface area contributed by atoms with Gasteiger partial charge in [0, 0.05) is 13.1 Å². The van der Waals surface area contributed by atoms with E-state index in [4.69, 9.17) is 10.8 Å². The van der Waals surface area contributed by atoms with Crippen LogP contribution in [0.1, 0.15) is 16.1 Å². The molecular weight excluding hydrogens is 292 g/mol. The van der Waals surface area contributed by atoms with Crippen LogP contribution in [0.25, 0.3) is 0 Å². The van der Waals surface area contributed by atoms with E-state index in [-0.39, 0.29) is 22.2 Å². The van der Waals surface area contributed by atoms with Crippen molar-refractivity contribution in [3.8, 4) is 0 Å². The highest BCUT2D eigenvalue weighted by atomic mass is 32.2. The van der Waals surface area contributed by atoms with Gasteiger partial charge in [0.05, 0.1) is 5.92 Å². The highest BCUT2D eigenvalue weighted by Gasteiger charge is 2.35. The molecule has 0 bridgehead atoms. The van der Waals surface area contributed by atoms with Gasteiger partial charge in [0.15, 0.2) is 0 Å². The van der Waals surface area contributed by atoms with Crippen molar-refractivity contribution in [2.24, 2.45) is 11.7 Å². The van der Waals surface area contributed by atoms with Gasteiger partial charge in [-0.05, 0) is 18.6 Å². The van der Waals surface area contributed by atoms with Gasteiger partial charge in [0.1, 0.15) is 9.09 Å². The molecule has 7 nitrogen and oxygen atoms in total. The first-order valence-corrected chi connectivity index (χ1v) is 7.70. The molecule has 104 valence electrons. The summed E-state index contributed by atoms with van der Waals surface area (Å²) in [7, 11) is -3.74. The van der Waals surface area contributed by atoms with Crippen LogP contribution in [0.15, 0.2) is 16.3 Å². The number of carbonyl (C=O) groups is 2. The monoisotopic (exact) mass is 304 g/mol. The second kappa shape index (κ2) is 4.91. The number of hydrogen-bond acceptors (Lipinski definition) is 5. The largest absolute Gasteiger partial charge is 0.477 e. The maximum Gasteiger partial charge on any atom is 0.345 e. The average molecular weight is 304 g/mol. The highest BCUT2D eigenvalue weighted by Crippen LogP contribution is 2.28. The Labute approximate surface area is 113 Å². The Bertz CT molecular complexity index is 622. The predicted molar refractivity (Wildman–Crippen MR) is 67.3 cm³/mol. The van der Waals surface area contributed by atoms with Crippen molar-refractivity contribution < 1.29 is 23.1 Å². The number of carboxylic acids is 1. The molecule has 1 unspecified atom stereocenters. The summed E-state index contributed by atoms with van der Waals surface area (Å²) < 4.78 is 25.6. The Balaban J connectivity index is 2.23. The van der Waals surface area contributed by atoms with E-state index < -0.39 is 27.8 Å². The van der Waals surface area contributed by atoms with Crippen molar-refractivity contribution in [2.45, 2.75) is 10.6 Å². The normalized spacial score (nSPS) is 20.5. The van der Waals surface area contributed by atoms with Gasteiger partial charge in [0.25, 0.3) is 10.0 Å². The lowest BCUT2D eigenvalue weighted by Gasteiger charge is -2.14. The minimum atomic E-state index is -3.74. The molecule has 0 aromatic carbocycles. The molecule has 1 amide bonds. The van der Waals surface area contributed by atoms with Crippen LogP contribution in [0.2, 0.25) is 0 Å².